The van der Waals surface area contributed by atoms with E-state index in [1.54, 1.807) is 6.20 Å². The molecule has 1 aliphatic heterocycles. The Morgan fingerprint density at radius 1 is 1.40 bits per heavy atom. The number of carbonyl (C=O) groups is 1. The van der Waals surface area contributed by atoms with Gasteiger partial charge in [-0.1, -0.05) is 0 Å². The van der Waals surface area contributed by atoms with Crippen LogP contribution < -0.4 is 10.5 Å². The van der Waals surface area contributed by atoms with Gasteiger partial charge in [0.1, 0.15) is 7.85 Å². The van der Waals surface area contributed by atoms with Crippen LogP contribution in [0.2, 0.25) is 0 Å². The van der Waals surface area contributed by atoms with Crippen LogP contribution in [0.5, 0.6) is 0 Å². The first-order valence-corrected chi connectivity index (χ1v) is 8.83. The first-order valence-electron chi connectivity index (χ1n) is 8.83. The van der Waals surface area contributed by atoms with E-state index in [1.807, 2.05) is 11.3 Å². The minimum absolute atomic E-state index is 0.117. The topological polar surface area (TPSA) is 69.0 Å². The van der Waals surface area contributed by atoms with Gasteiger partial charge in [0, 0.05) is 37.0 Å². The molecule has 2 aromatic heterocycles. The molecule has 0 amide bonds. The van der Waals surface area contributed by atoms with E-state index < -0.39 is 0 Å². The largest absolute Gasteiger partial charge is 0.466 e. The van der Waals surface area contributed by atoms with Crippen LogP contribution in [0.25, 0.3) is 5.65 Å². The summed E-state index contributed by atoms with van der Waals surface area (Å²) in [4.78, 5) is 23.6. The van der Waals surface area contributed by atoms with E-state index in [1.165, 1.54) is 0 Å². The first-order chi connectivity index (χ1) is 12.2. The van der Waals surface area contributed by atoms with Crippen molar-refractivity contribution in [2.45, 2.75) is 26.2 Å². The van der Waals surface area contributed by atoms with Gasteiger partial charge in [0.05, 0.1) is 31.4 Å². The minimum atomic E-state index is -0.126. The summed E-state index contributed by atoms with van der Waals surface area (Å²) >= 11 is 0. The number of fused-ring (bicyclic) bond motifs is 3. The minimum Gasteiger partial charge on any atom is -0.466 e. The molecule has 0 saturated carbocycles. The van der Waals surface area contributed by atoms with Gasteiger partial charge in [-0.25, -0.2) is 9.97 Å². The molecule has 2 aliphatic rings. The van der Waals surface area contributed by atoms with Crippen molar-refractivity contribution in [2.24, 2.45) is 5.92 Å². The molecule has 3 heterocycles. The lowest BCUT2D eigenvalue weighted by molar-refractivity contribution is -0.148. The van der Waals surface area contributed by atoms with Gasteiger partial charge in [0.2, 0.25) is 0 Å². The van der Waals surface area contributed by atoms with Crippen LogP contribution in [-0.4, -0.2) is 61.1 Å². The Morgan fingerprint density at radius 2 is 2.20 bits per heavy atom. The van der Waals surface area contributed by atoms with Crippen LogP contribution in [0.3, 0.4) is 0 Å². The maximum atomic E-state index is 12.1. The van der Waals surface area contributed by atoms with E-state index in [0.29, 0.717) is 31.8 Å². The van der Waals surface area contributed by atoms with Crippen LogP contribution in [0, 0.1) is 5.92 Å². The SMILES string of the molecule is [B]c1cn2c3c(nc2c(N2CCOCC2)n1)CCC(C(=O)OCC)C3. The third-order valence-corrected chi connectivity index (χ3v) is 4.89. The summed E-state index contributed by atoms with van der Waals surface area (Å²) in [6, 6.07) is 0. The highest BCUT2D eigenvalue weighted by Gasteiger charge is 2.30. The number of esters is 1. The Labute approximate surface area is 147 Å². The fourth-order valence-corrected chi connectivity index (χ4v) is 3.65. The number of anilines is 1. The summed E-state index contributed by atoms with van der Waals surface area (Å²) in [5.41, 5.74) is 3.34. The first kappa shape index (κ1) is 16.4. The third-order valence-electron chi connectivity index (χ3n) is 4.89. The van der Waals surface area contributed by atoms with Crippen molar-refractivity contribution >= 4 is 30.9 Å². The molecule has 8 heteroatoms. The molecule has 1 aliphatic carbocycles. The third kappa shape index (κ3) is 2.99. The van der Waals surface area contributed by atoms with Gasteiger partial charge in [-0.3, -0.25) is 9.20 Å². The van der Waals surface area contributed by atoms with E-state index in [9.17, 15) is 4.79 Å². The molecule has 130 valence electrons. The van der Waals surface area contributed by atoms with Crippen molar-refractivity contribution in [3.05, 3.63) is 17.6 Å². The van der Waals surface area contributed by atoms with Gasteiger partial charge in [-0.2, -0.15) is 0 Å². The molecule has 1 atom stereocenters. The second-order valence-corrected chi connectivity index (χ2v) is 6.48. The normalized spacial score (nSPS) is 20.5. The van der Waals surface area contributed by atoms with Crippen LogP contribution >= 0.6 is 0 Å². The highest BCUT2D eigenvalue weighted by molar-refractivity contribution is 6.30. The van der Waals surface area contributed by atoms with Gasteiger partial charge in [-0.15, -0.1) is 0 Å². The zero-order valence-electron chi connectivity index (χ0n) is 14.4. The summed E-state index contributed by atoms with van der Waals surface area (Å²) in [5, 5.41) is 0. The van der Waals surface area contributed by atoms with E-state index >= 15 is 0 Å². The van der Waals surface area contributed by atoms with Gasteiger partial charge >= 0.3 is 5.97 Å². The number of rotatable bonds is 3. The van der Waals surface area contributed by atoms with Gasteiger partial charge in [0.25, 0.3) is 0 Å². The molecular weight excluding hydrogens is 319 g/mol. The smallest absolute Gasteiger partial charge is 0.309 e. The monoisotopic (exact) mass is 340 g/mol. The molecule has 7 nitrogen and oxygen atoms in total. The molecule has 0 aromatic carbocycles. The zero-order chi connectivity index (χ0) is 17.4. The second kappa shape index (κ2) is 6.67. The van der Waals surface area contributed by atoms with Crippen molar-refractivity contribution in [2.75, 3.05) is 37.8 Å². The number of morpholine rings is 1. The van der Waals surface area contributed by atoms with E-state index in [0.717, 1.165) is 48.8 Å². The van der Waals surface area contributed by atoms with Gasteiger partial charge < -0.3 is 14.4 Å². The number of hydrogen-bond donors (Lipinski definition) is 0. The van der Waals surface area contributed by atoms with E-state index in [-0.39, 0.29) is 11.9 Å². The predicted molar refractivity (Wildman–Crippen MR) is 93.6 cm³/mol. The van der Waals surface area contributed by atoms with Crippen molar-refractivity contribution in [3.8, 4) is 0 Å². The Balaban J connectivity index is 1.73. The summed E-state index contributed by atoms with van der Waals surface area (Å²) in [5.74, 6) is 0.553. The standard InChI is InChI=1S/C17H21BN4O3/c1-2-25-17(23)11-3-4-12-13(9-11)22-10-14(18)20-15(16(22)19-12)21-5-7-24-8-6-21/h10-11H,2-9H2,1H3. The molecule has 0 bridgehead atoms. The number of ether oxygens (including phenoxy) is 2. The summed E-state index contributed by atoms with van der Waals surface area (Å²) in [6.45, 7) is 5.14. The summed E-state index contributed by atoms with van der Waals surface area (Å²) in [6.07, 6.45) is 3.97. The van der Waals surface area contributed by atoms with Crippen LogP contribution in [0.1, 0.15) is 24.7 Å². The number of hydrogen-bond acceptors (Lipinski definition) is 6. The van der Waals surface area contributed by atoms with E-state index in [4.69, 9.17) is 22.3 Å². The highest BCUT2D eigenvalue weighted by atomic mass is 16.5. The lowest BCUT2D eigenvalue weighted by atomic mass is 9.90. The summed E-state index contributed by atoms with van der Waals surface area (Å²) in [7, 11) is 6.06. The Kier molecular flexibility index (Phi) is 4.37. The number of aryl methyl sites for hydroxylation is 1. The lowest BCUT2D eigenvalue weighted by Gasteiger charge is -2.28. The van der Waals surface area contributed by atoms with E-state index in [2.05, 4.69) is 9.88 Å². The van der Waals surface area contributed by atoms with Gasteiger partial charge in [-0.05, 0) is 19.8 Å². The van der Waals surface area contributed by atoms with Crippen LogP contribution in [-0.2, 0) is 27.1 Å². The zero-order valence-corrected chi connectivity index (χ0v) is 14.4. The van der Waals surface area contributed by atoms with Crippen molar-refractivity contribution < 1.29 is 14.3 Å². The molecule has 1 unspecified atom stereocenters. The fraction of sp³-hybridized carbons (Fsp3) is 0.588. The molecule has 1 saturated heterocycles. The Hall–Kier alpha value is -2.09. The van der Waals surface area contributed by atoms with Crippen LogP contribution in [0.4, 0.5) is 5.82 Å². The average molecular weight is 340 g/mol. The number of nitrogens with zero attached hydrogens (tertiary/aromatic N) is 4. The molecule has 0 N–H and O–H groups in total. The molecule has 2 radical (unpaired) electrons. The molecule has 4 rings (SSSR count). The number of carbonyl (C=O) groups excluding carboxylic acids is 1. The molecular formula is C17H21BN4O3. The number of imidazole rings is 1. The molecule has 2 aromatic rings. The fourth-order valence-electron chi connectivity index (χ4n) is 3.65. The molecule has 25 heavy (non-hydrogen) atoms. The molecule has 0 spiro atoms. The maximum absolute atomic E-state index is 12.1. The average Bonchev–Trinajstić information content (AvgIpc) is 2.99. The predicted octanol–water partition coefficient (Wildman–Crippen LogP) is 0.0277. The molecule has 1 fully saturated rings. The lowest BCUT2D eigenvalue weighted by Crippen LogP contribution is -2.38. The quantitative estimate of drug-likeness (QED) is 0.580. The van der Waals surface area contributed by atoms with Crippen LogP contribution in [0.15, 0.2) is 6.20 Å². The summed E-state index contributed by atoms with van der Waals surface area (Å²) < 4.78 is 12.6. The van der Waals surface area contributed by atoms with Gasteiger partial charge in [0.15, 0.2) is 11.5 Å². The maximum Gasteiger partial charge on any atom is 0.309 e. The second-order valence-electron chi connectivity index (χ2n) is 6.48. The van der Waals surface area contributed by atoms with Crippen molar-refractivity contribution in [1.29, 1.82) is 0 Å². The van der Waals surface area contributed by atoms with Crippen molar-refractivity contribution in [1.82, 2.24) is 14.4 Å². The Morgan fingerprint density at radius 3 is 2.96 bits per heavy atom. The number of aromatic nitrogens is 3. The Bertz CT molecular complexity index is 801. The van der Waals surface area contributed by atoms with Crippen molar-refractivity contribution in [3.63, 3.8) is 0 Å². The highest BCUT2D eigenvalue weighted by Crippen LogP contribution is 2.29.